The lowest BCUT2D eigenvalue weighted by molar-refractivity contribution is -0.172. The molecule has 0 bridgehead atoms. The molecule has 112 valence electrons. The van der Waals surface area contributed by atoms with Gasteiger partial charge in [0.05, 0.1) is 18.2 Å². The van der Waals surface area contributed by atoms with E-state index in [-0.39, 0.29) is 17.9 Å². The first-order valence-electron chi connectivity index (χ1n) is 7.41. The van der Waals surface area contributed by atoms with E-state index in [0.29, 0.717) is 25.7 Å². The molecule has 0 aromatic rings. The number of rotatable bonds is 6. The molecule has 3 unspecified atom stereocenters. The Kier molecular flexibility index (Phi) is 5.59. The van der Waals surface area contributed by atoms with Crippen molar-refractivity contribution in [2.75, 3.05) is 33.0 Å². The fraction of sp³-hybridized carbons (Fsp3) is 1.00. The Balaban J connectivity index is 1.94. The maximum Gasteiger partial charge on any atom is 0.172 e. The molecule has 0 radical (unpaired) electrons. The summed E-state index contributed by atoms with van der Waals surface area (Å²) < 4.78 is 22.7. The van der Waals surface area contributed by atoms with Crippen LogP contribution in [0.2, 0.25) is 0 Å². The van der Waals surface area contributed by atoms with Crippen molar-refractivity contribution in [1.82, 2.24) is 0 Å². The quantitative estimate of drug-likeness (QED) is 0.739. The van der Waals surface area contributed by atoms with Gasteiger partial charge in [-0.25, -0.2) is 0 Å². The van der Waals surface area contributed by atoms with E-state index in [0.717, 1.165) is 32.5 Å². The van der Waals surface area contributed by atoms with E-state index in [9.17, 15) is 0 Å². The summed E-state index contributed by atoms with van der Waals surface area (Å²) in [7, 11) is 0. The van der Waals surface area contributed by atoms with Crippen molar-refractivity contribution in [3.05, 3.63) is 0 Å². The van der Waals surface area contributed by atoms with Gasteiger partial charge in [-0.2, -0.15) is 0 Å². The van der Waals surface area contributed by atoms with Gasteiger partial charge in [-0.05, 0) is 32.6 Å². The molecule has 3 atom stereocenters. The average Bonchev–Trinajstić information content (AvgIpc) is 2.86. The summed E-state index contributed by atoms with van der Waals surface area (Å²) in [5.41, 5.74) is 6.26. The van der Waals surface area contributed by atoms with Crippen LogP contribution in [0.5, 0.6) is 0 Å². The van der Waals surface area contributed by atoms with E-state index in [2.05, 4.69) is 0 Å². The van der Waals surface area contributed by atoms with Crippen LogP contribution in [0.15, 0.2) is 0 Å². The Labute approximate surface area is 115 Å². The average molecular weight is 273 g/mol. The highest BCUT2D eigenvalue weighted by molar-refractivity contribution is 4.93. The summed E-state index contributed by atoms with van der Waals surface area (Å²) in [6.07, 6.45) is 2.59. The summed E-state index contributed by atoms with van der Waals surface area (Å²) >= 11 is 0. The van der Waals surface area contributed by atoms with Crippen molar-refractivity contribution in [2.45, 2.75) is 51.0 Å². The van der Waals surface area contributed by atoms with Crippen molar-refractivity contribution >= 4 is 0 Å². The molecule has 0 saturated carbocycles. The monoisotopic (exact) mass is 273 g/mol. The van der Waals surface area contributed by atoms with Crippen LogP contribution in [-0.2, 0) is 18.9 Å². The van der Waals surface area contributed by atoms with Crippen molar-refractivity contribution in [3.63, 3.8) is 0 Å². The molecule has 2 saturated heterocycles. The van der Waals surface area contributed by atoms with Gasteiger partial charge >= 0.3 is 0 Å². The first kappa shape index (κ1) is 15.2. The van der Waals surface area contributed by atoms with E-state index < -0.39 is 0 Å². The van der Waals surface area contributed by atoms with Crippen LogP contribution in [0.4, 0.5) is 0 Å². The second-order valence-corrected chi connectivity index (χ2v) is 5.44. The first-order valence-corrected chi connectivity index (χ1v) is 7.41. The fourth-order valence-electron chi connectivity index (χ4n) is 3.08. The summed E-state index contributed by atoms with van der Waals surface area (Å²) in [4.78, 5) is 0. The minimum Gasteiger partial charge on any atom is -0.378 e. The molecule has 0 aliphatic carbocycles. The third kappa shape index (κ3) is 3.67. The van der Waals surface area contributed by atoms with Gasteiger partial charge in [0.15, 0.2) is 6.29 Å². The number of hydrogen-bond acceptors (Lipinski definition) is 5. The molecular formula is C14H27NO4. The Morgan fingerprint density at radius 3 is 2.58 bits per heavy atom. The van der Waals surface area contributed by atoms with Crippen LogP contribution in [0.3, 0.4) is 0 Å². The van der Waals surface area contributed by atoms with Crippen molar-refractivity contribution in [2.24, 2.45) is 11.7 Å². The number of nitrogens with two attached hydrogens (primary N) is 1. The van der Waals surface area contributed by atoms with Gasteiger partial charge in [-0.1, -0.05) is 0 Å². The SMILES string of the molecule is CCOC(OCC)C(N)C1CCOC2(CCOC2)C1. The highest BCUT2D eigenvalue weighted by Crippen LogP contribution is 2.37. The van der Waals surface area contributed by atoms with Gasteiger partial charge in [0, 0.05) is 32.8 Å². The Bertz CT molecular complexity index is 262. The van der Waals surface area contributed by atoms with Crippen LogP contribution < -0.4 is 5.73 Å². The van der Waals surface area contributed by atoms with Gasteiger partial charge in [-0.15, -0.1) is 0 Å². The Morgan fingerprint density at radius 2 is 2.00 bits per heavy atom. The topological polar surface area (TPSA) is 62.9 Å². The maximum atomic E-state index is 6.37. The lowest BCUT2D eigenvalue weighted by atomic mass is 9.81. The van der Waals surface area contributed by atoms with E-state index >= 15 is 0 Å². The zero-order valence-corrected chi connectivity index (χ0v) is 12.1. The summed E-state index contributed by atoms with van der Waals surface area (Å²) in [5.74, 6) is 0.374. The van der Waals surface area contributed by atoms with Gasteiger partial charge in [-0.3, -0.25) is 0 Å². The number of hydrogen-bond donors (Lipinski definition) is 1. The summed E-state index contributed by atoms with van der Waals surface area (Å²) in [6.45, 7) is 7.43. The second-order valence-electron chi connectivity index (χ2n) is 5.44. The molecule has 0 aromatic heterocycles. The fourth-order valence-corrected chi connectivity index (χ4v) is 3.08. The molecule has 2 aliphatic heterocycles. The largest absolute Gasteiger partial charge is 0.378 e. The van der Waals surface area contributed by atoms with Gasteiger partial charge in [0.1, 0.15) is 0 Å². The Morgan fingerprint density at radius 1 is 1.26 bits per heavy atom. The molecular weight excluding hydrogens is 246 g/mol. The molecule has 19 heavy (non-hydrogen) atoms. The van der Waals surface area contributed by atoms with E-state index in [4.69, 9.17) is 24.7 Å². The lowest BCUT2D eigenvalue weighted by Gasteiger charge is -2.41. The second kappa shape index (κ2) is 6.99. The van der Waals surface area contributed by atoms with E-state index in [1.54, 1.807) is 0 Å². The predicted octanol–water partition coefficient (Wildman–Crippen LogP) is 1.30. The minimum absolute atomic E-state index is 0.0960. The van der Waals surface area contributed by atoms with Crippen LogP contribution in [0.25, 0.3) is 0 Å². The normalized spacial score (nSPS) is 33.2. The van der Waals surface area contributed by atoms with Gasteiger partial charge < -0.3 is 24.7 Å². The molecule has 2 N–H and O–H groups in total. The third-order valence-corrected chi connectivity index (χ3v) is 4.12. The molecule has 2 fully saturated rings. The van der Waals surface area contributed by atoms with Gasteiger partial charge in [0.2, 0.25) is 0 Å². The van der Waals surface area contributed by atoms with E-state index in [1.807, 2.05) is 13.8 Å². The molecule has 1 spiro atoms. The molecule has 2 rings (SSSR count). The molecule has 2 aliphatic rings. The van der Waals surface area contributed by atoms with Crippen molar-refractivity contribution in [3.8, 4) is 0 Å². The Hall–Kier alpha value is -0.200. The zero-order valence-electron chi connectivity index (χ0n) is 12.1. The standard InChI is InChI=1S/C14H27NO4/c1-3-17-13(18-4-2)12(15)11-5-7-19-14(9-11)6-8-16-10-14/h11-13H,3-10,15H2,1-2H3. The van der Waals surface area contributed by atoms with E-state index in [1.165, 1.54) is 0 Å². The highest BCUT2D eigenvalue weighted by atomic mass is 16.7. The predicted molar refractivity (Wildman–Crippen MR) is 71.9 cm³/mol. The molecule has 5 heteroatoms. The molecule has 0 amide bonds. The highest BCUT2D eigenvalue weighted by Gasteiger charge is 2.43. The smallest absolute Gasteiger partial charge is 0.172 e. The van der Waals surface area contributed by atoms with Crippen LogP contribution in [0.1, 0.15) is 33.1 Å². The van der Waals surface area contributed by atoms with Crippen LogP contribution in [0, 0.1) is 5.92 Å². The van der Waals surface area contributed by atoms with Crippen LogP contribution in [-0.4, -0.2) is 51.0 Å². The molecule has 0 aromatic carbocycles. The third-order valence-electron chi connectivity index (χ3n) is 4.12. The van der Waals surface area contributed by atoms with Gasteiger partial charge in [0.25, 0.3) is 0 Å². The van der Waals surface area contributed by atoms with Crippen molar-refractivity contribution < 1.29 is 18.9 Å². The summed E-state index contributed by atoms with van der Waals surface area (Å²) in [6, 6.07) is -0.0960. The van der Waals surface area contributed by atoms with Crippen LogP contribution >= 0.6 is 0 Å². The zero-order chi connectivity index (χ0) is 13.7. The van der Waals surface area contributed by atoms with Crippen molar-refractivity contribution in [1.29, 1.82) is 0 Å². The number of ether oxygens (including phenoxy) is 4. The summed E-state index contributed by atoms with van der Waals surface area (Å²) in [5, 5.41) is 0. The first-order chi connectivity index (χ1) is 9.21. The maximum absolute atomic E-state index is 6.37. The lowest BCUT2D eigenvalue weighted by Crippen LogP contribution is -2.51. The molecule has 2 heterocycles. The minimum atomic E-state index is -0.308. The molecule has 5 nitrogen and oxygen atoms in total.